The third-order valence-electron chi connectivity index (χ3n) is 5.38. The van der Waals surface area contributed by atoms with Crippen LogP contribution in [0.15, 0.2) is 53.0 Å². The molecule has 29 heavy (non-hydrogen) atoms. The quantitative estimate of drug-likeness (QED) is 0.812. The smallest absolute Gasteiger partial charge is 0.262 e. The second kappa shape index (κ2) is 6.28. The number of aromatic hydroxyl groups is 1. The Hall–Kier alpha value is -3.45. The molecule has 3 aliphatic rings. The van der Waals surface area contributed by atoms with Crippen molar-refractivity contribution in [2.45, 2.75) is 6.10 Å². The summed E-state index contributed by atoms with van der Waals surface area (Å²) in [5.74, 6) is -0.126. The van der Waals surface area contributed by atoms with Crippen LogP contribution in [0.1, 0.15) is 11.1 Å². The predicted octanol–water partition coefficient (Wildman–Crippen LogP) is 1.97. The lowest BCUT2D eigenvalue weighted by Crippen LogP contribution is -2.41. The Morgan fingerprint density at radius 3 is 2.69 bits per heavy atom. The molecule has 0 bridgehead atoms. The number of benzene rings is 2. The normalized spacial score (nSPS) is 19.5. The molecule has 1 aliphatic carbocycles. The molecule has 0 fully saturated rings. The molecular weight excluding hydrogens is 370 g/mol. The summed E-state index contributed by atoms with van der Waals surface area (Å²) in [5, 5.41) is 10.0. The minimum absolute atomic E-state index is 0.0266. The van der Waals surface area contributed by atoms with Gasteiger partial charge in [-0.25, -0.2) is 4.99 Å². The molecule has 2 aromatic carbocycles. The van der Waals surface area contributed by atoms with Crippen LogP contribution in [0.3, 0.4) is 0 Å². The van der Waals surface area contributed by atoms with Crippen LogP contribution in [0.4, 0.5) is 5.69 Å². The van der Waals surface area contributed by atoms with Gasteiger partial charge in [-0.05, 0) is 44.4 Å². The van der Waals surface area contributed by atoms with E-state index in [2.05, 4.69) is 0 Å². The highest BCUT2D eigenvalue weighted by Crippen LogP contribution is 2.45. The molecule has 2 heterocycles. The molecule has 2 aliphatic heterocycles. The maximum absolute atomic E-state index is 13.3. The second-order valence-corrected chi connectivity index (χ2v) is 7.55. The van der Waals surface area contributed by atoms with Crippen LogP contribution in [-0.4, -0.2) is 65.7 Å². The Morgan fingerprint density at radius 1 is 1.10 bits per heavy atom. The van der Waals surface area contributed by atoms with Gasteiger partial charge in [0.15, 0.2) is 6.10 Å². The number of carbonyl (C=O) groups is 2. The van der Waals surface area contributed by atoms with Gasteiger partial charge >= 0.3 is 0 Å². The second-order valence-electron chi connectivity index (χ2n) is 7.55. The van der Waals surface area contributed by atoms with Crippen LogP contribution in [0.25, 0.3) is 5.57 Å². The van der Waals surface area contributed by atoms with Crippen LogP contribution >= 0.6 is 0 Å². The lowest BCUT2D eigenvalue weighted by Gasteiger charge is -2.31. The van der Waals surface area contributed by atoms with Gasteiger partial charge in [0.1, 0.15) is 17.2 Å². The lowest BCUT2D eigenvalue weighted by atomic mass is 9.82. The molecule has 1 N–H and O–H groups in total. The van der Waals surface area contributed by atoms with E-state index in [1.807, 2.05) is 37.2 Å². The zero-order valence-electron chi connectivity index (χ0n) is 16.0. The standard InChI is InChI=1S/C22H19N3O4/c1-24(2)9-10-25-21(27)17-14-11-12(26)7-8-13(14)19-20(18(17)22(25)28)29-16-6-4-3-5-15(16)23-19/h3-8,11,20,26H,9-10H2,1-2H3. The third-order valence-corrected chi connectivity index (χ3v) is 5.38. The predicted molar refractivity (Wildman–Crippen MR) is 107 cm³/mol. The molecule has 7 heteroatoms. The molecule has 146 valence electrons. The maximum atomic E-state index is 13.3. The van der Waals surface area contributed by atoms with Crippen molar-refractivity contribution in [3.05, 3.63) is 59.2 Å². The summed E-state index contributed by atoms with van der Waals surface area (Å²) in [4.78, 5) is 34.4. The molecule has 1 unspecified atom stereocenters. The molecule has 2 amide bonds. The first-order chi connectivity index (χ1) is 14.0. The molecule has 0 saturated heterocycles. The highest BCUT2D eigenvalue weighted by Gasteiger charge is 2.49. The number of hydrogen-bond acceptors (Lipinski definition) is 6. The maximum Gasteiger partial charge on any atom is 0.262 e. The zero-order valence-corrected chi connectivity index (χ0v) is 16.0. The van der Waals surface area contributed by atoms with Crippen LogP contribution in [0.2, 0.25) is 0 Å². The van der Waals surface area contributed by atoms with Crippen LogP contribution < -0.4 is 4.74 Å². The van der Waals surface area contributed by atoms with Gasteiger partial charge in [-0.15, -0.1) is 0 Å². The van der Waals surface area contributed by atoms with E-state index in [4.69, 9.17) is 9.73 Å². The van der Waals surface area contributed by atoms with Crippen molar-refractivity contribution in [3.63, 3.8) is 0 Å². The lowest BCUT2D eigenvalue weighted by molar-refractivity contribution is -0.137. The summed E-state index contributed by atoms with van der Waals surface area (Å²) >= 11 is 0. The molecular formula is C22H19N3O4. The largest absolute Gasteiger partial charge is 0.508 e. The van der Waals surface area contributed by atoms with E-state index in [0.717, 1.165) is 0 Å². The Balaban J connectivity index is 1.69. The molecule has 0 radical (unpaired) electrons. The van der Waals surface area contributed by atoms with Crippen LogP contribution in [-0.2, 0) is 9.59 Å². The number of ether oxygens (including phenoxy) is 1. The molecule has 5 rings (SSSR count). The van der Waals surface area contributed by atoms with Gasteiger partial charge in [0.2, 0.25) is 0 Å². The Labute approximate surface area is 167 Å². The van der Waals surface area contributed by atoms with E-state index in [1.165, 1.54) is 11.0 Å². The fourth-order valence-corrected chi connectivity index (χ4v) is 3.98. The minimum Gasteiger partial charge on any atom is -0.508 e. The van der Waals surface area contributed by atoms with E-state index >= 15 is 0 Å². The summed E-state index contributed by atoms with van der Waals surface area (Å²) in [6.45, 7) is 0.835. The first-order valence-electron chi connectivity index (χ1n) is 9.39. The van der Waals surface area contributed by atoms with Crippen molar-refractivity contribution >= 4 is 28.8 Å². The van der Waals surface area contributed by atoms with Gasteiger partial charge in [-0.2, -0.15) is 0 Å². The average molecular weight is 389 g/mol. The minimum atomic E-state index is -0.752. The van der Waals surface area contributed by atoms with Crippen molar-refractivity contribution in [3.8, 4) is 11.5 Å². The van der Waals surface area contributed by atoms with Gasteiger partial charge in [-0.1, -0.05) is 12.1 Å². The summed E-state index contributed by atoms with van der Waals surface area (Å²) in [6.07, 6.45) is -0.752. The number of hydrogen-bond donors (Lipinski definition) is 1. The number of nitrogens with zero attached hydrogens (tertiary/aromatic N) is 3. The monoisotopic (exact) mass is 389 g/mol. The van der Waals surface area contributed by atoms with Gasteiger partial charge in [0.25, 0.3) is 11.8 Å². The van der Waals surface area contributed by atoms with E-state index in [9.17, 15) is 14.7 Å². The zero-order chi connectivity index (χ0) is 20.3. The number of fused-ring (bicyclic) bond motifs is 6. The van der Waals surface area contributed by atoms with E-state index < -0.39 is 6.10 Å². The van der Waals surface area contributed by atoms with Crippen molar-refractivity contribution in [2.24, 2.45) is 4.99 Å². The van der Waals surface area contributed by atoms with Crippen molar-refractivity contribution in [1.82, 2.24) is 9.80 Å². The van der Waals surface area contributed by atoms with E-state index in [1.54, 1.807) is 18.2 Å². The summed E-state index contributed by atoms with van der Waals surface area (Å²) in [7, 11) is 3.77. The van der Waals surface area contributed by atoms with E-state index in [-0.39, 0.29) is 24.1 Å². The van der Waals surface area contributed by atoms with Gasteiger partial charge in [0, 0.05) is 24.2 Å². The van der Waals surface area contributed by atoms with Crippen LogP contribution in [0, 0.1) is 0 Å². The summed E-state index contributed by atoms with van der Waals surface area (Å²) in [5.41, 5.74) is 3.04. The average Bonchev–Trinajstić information content (AvgIpc) is 2.95. The van der Waals surface area contributed by atoms with Crippen molar-refractivity contribution in [2.75, 3.05) is 27.2 Å². The number of phenolic OH excluding ortho intramolecular Hbond substituents is 1. The Bertz CT molecular complexity index is 1130. The number of aliphatic imine (C=N–C) groups is 1. The highest BCUT2D eigenvalue weighted by atomic mass is 16.5. The Morgan fingerprint density at radius 2 is 1.90 bits per heavy atom. The van der Waals surface area contributed by atoms with Crippen LogP contribution in [0.5, 0.6) is 11.5 Å². The fraction of sp³-hybridized carbons (Fsp3) is 0.227. The SMILES string of the molecule is CN(C)CCN1C(=O)C2=C(C1=O)C1Oc3ccccc3N=C1c1ccc(O)cc12. The number of imide groups is 1. The number of likely N-dealkylation sites (N-methyl/N-ethyl adjacent to an activating group) is 1. The number of para-hydroxylation sites is 2. The fourth-order valence-electron chi connectivity index (χ4n) is 3.98. The number of carbonyl (C=O) groups excluding carboxylic acids is 2. The van der Waals surface area contributed by atoms with Gasteiger partial charge in [0.05, 0.1) is 16.9 Å². The first kappa shape index (κ1) is 17.6. The van der Waals surface area contributed by atoms with Gasteiger partial charge < -0.3 is 14.7 Å². The highest BCUT2D eigenvalue weighted by molar-refractivity contribution is 6.41. The van der Waals surface area contributed by atoms with E-state index in [0.29, 0.717) is 46.0 Å². The van der Waals surface area contributed by atoms with Crippen molar-refractivity contribution < 1.29 is 19.4 Å². The summed E-state index contributed by atoms with van der Waals surface area (Å²) in [6, 6.07) is 12.1. The molecule has 7 nitrogen and oxygen atoms in total. The summed E-state index contributed by atoms with van der Waals surface area (Å²) < 4.78 is 6.17. The first-order valence-corrected chi connectivity index (χ1v) is 9.39. The number of rotatable bonds is 3. The Kier molecular flexibility index (Phi) is 3.82. The molecule has 0 aromatic heterocycles. The molecule has 2 aromatic rings. The molecule has 1 atom stereocenters. The van der Waals surface area contributed by atoms with Gasteiger partial charge in [-0.3, -0.25) is 14.5 Å². The topological polar surface area (TPSA) is 82.4 Å². The molecule has 0 saturated carbocycles. The van der Waals surface area contributed by atoms with Crippen molar-refractivity contribution in [1.29, 1.82) is 0 Å². The molecule has 0 spiro atoms. The number of amides is 2. The third kappa shape index (κ3) is 2.58. The number of phenols is 1.